The minimum Gasteiger partial charge on any atom is -0.387 e. The second-order valence-electron chi connectivity index (χ2n) is 3.64. The molecule has 0 heterocycles. The van der Waals surface area contributed by atoms with E-state index < -0.39 is 6.10 Å². The number of aliphatic hydroxyl groups is 1. The molecule has 1 aliphatic rings. The zero-order chi connectivity index (χ0) is 9.71. The van der Waals surface area contributed by atoms with Gasteiger partial charge in [-0.2, -0.15) is 0 Å². The maximum Gasteiger partial charge on any atom is 0.0962 e. The standard InChI is InChI=1S/C12H9BrO/c13-11-8-5-1-3-7-4-2-6-9(10(7)8)12(11)14/h1-6,11-12,14H/t11-,12-/m1/s1. The highest BCUT2D eigenvalue weighted by molar-refractivity contribution is 9.09. The summed E-state index contributed by atoms with van der Waals surface area (Å²) in [6.07, 6.45) is -0.406. The zero-order valence-corrected chi connectivity index (χ0v) is 9.03. The topological polar surface area (TPSA) is 20.2 Å². The van der Waals surface area contributed by atoms with E-state index in [-0.39, 0.29) is 4.83 Å². The molecule has 0 unspecified atom stereocenters. The third kappa shape index (κ3) is 0.928. The van der Waals surface area contributed by atoms with E-state index in [4.69, 9.17) is 0 Å². The maximum atomic E-state index is 9.99. The highest BCUT2D eigenvalue weighted by Crippen LogP contribution is 2.48. The van der Waals surface area contributed by atoms with Gasteiger partial charge in [0.05, 0.1) is 10.9 Å². The lowest BCUT2D eigenvalue weighted by atomic mass is 10.1. The van der Waals surface area contributed by atoms with E-state index in [1.165, 1.54) is 16.3 Å². The second kappa shape index (κ2) is 2.81. The summed E-state index contributed by atoms with van der Waals surface area (Å²) in [6, 6.07) is 12.3. The summed E-state index contributed by atoms with van der Waals surface area (Å²) in [5.74, 6) is 0. The summed E-state index contributed by atoms with van der Waals surface area (Å²) in [7, 11) is 0. The summed E-state index contributed by atoms with van der Waals surface area (Å²) >= 11 is 3.53. The predicted molar refractivity (Wildman–Crippen MR) is 60.6 cm³/mol. The van der Waals surface area contributed by atoms with Gasteiger partial charge in [0, 0.05) is 0 Å². The summed E-state index contributed by atoms with van der Waals surface area (Å²) in [5.41, 5.74) is 2.24. The summed E-state index contributed by atoms with van der Waals surface area (Å²) in [6.45, 7) is 0. The van der Waals surface area contributed by atoms with Gasteiger partial charge in [-0.3, -0.25) is 0 Å². The minimum atomic E-state index is -0.406. The van der Waals surface area contributed by atoms with Crippen molar-refractivity contribution in [2.45, 2.75) is 10.9 Å². The Bertz CT molecular complexity index is 464. The first-order valence-corrected chi connectivity index (χ1v) is 5.54. The number of rotatable bonds is 0. The van der Waals surface area contributed by atoms with Gasteiger partial charge in [-0.25, -0.2) is 0 Å². The van der Waals surface area contributed by atoms with E-state index in [2.05, 4.69) is 34.1 Å². The van der Waals surface area contributed by atoms with E-state index in [1.807, 2.05) is 18.2 Å². The molecule has 2 heteroatoms. The second-order valence-corrected chi connectivity index (χ2v) is 4.63. The van der Waals surface area contributed by atoms with Crippen LogP contribution in [-0.2, 0) is 0 Å². The molecule has 0 saturated carbocycles. The van der Waals surface area contributed by atoms with Crippen LogP contribution in [0.4, 0.5) is 0 Å². The van der Waals surface area contributed by atoms with Crippen molar-refractivity contribution < 1.29 is 5.11 Å². The highest BCUT2D eigenvalue weighted by atomic mass is 79.9. The van der Waals surface area contributed by atoms with Crippen molar-refractivity contribution in [3.8, 4) is 0 Å². The number of hydrogen-bond donors (Lipinski definition) is 1. The molecule has 2 aromatic carbocycles. The molecule has 1 nitrogen and oxygen atoms in total. The van der Waals surface area contributed by atoms with Gasteiger partial charge in [-0.05, 0) is 21.9 Å². The average molecular weight is 249 g/mol. The van der Waals surface area contributed by atoms with E-state index in [0.717, 1.165) is 5.56 Å². The highest BCUT2D eigenvalue weighted by Gasteiger charge is 2.30. The Labute approximate surface area is 90.5 Å². The van der Waals surface area contributed by atoms with Crippen molar-refractivity contribution in [1.82, 2.24) is 0 Å². The van der Waals surface area contributed by atoms with E-state index in [9.17, 15) is 5.11 Å². The minimum absolute atomic E-state index is 0.0450. The van der Waals surface area contributed by atoms with Crippen LogP contribution in [0.3, 0.4) is 0 Å². The lowest BCUT2D eigenvalue weighted by Gasteiger charge is -2.07. The van der Waals surface area contributed by atoms with Gasteiger partial charge in [0.25, 0.3) is 0 Å². The number of alkyl halides is 1. The molecule has 14 heavy (non-hydrogen) atoms. The Morgan fingerprint density at radius 3 is 2.36 bits per heavy atom. The Morgan fingerprint density at radius 1 is 1.00 bits per heavy atom. The number of hydrogen-bond acceptors (Lipinski definition) is 1. The third-order valence-corrected chi connectivity index (χ3v) is 3.86. The summed E-state index contributed by atoms with van der Waals surface area (Å²) < 4.78 is 0. The van der Waals surface area contributed by atoms with Crippen LogP contribution in [0.2, 0.25) is 0 Å². The van der Waals surface area contributed by atoms with Crippen LogP contribution in [0.15, 0.2) is 36.4 Å². The van der Waals surface area contributed by atoms with E-state index >= 15 is 0 Å². The van der Waals surface area contributed by atoms with Crippen LogP contribution in [0.1, 0.15) is 22.1 Å². The third-order valence-electron chi connectivity index (χ3n) is 2.86. The van der Waals surface area contributed by atoms with Crippen molar-refractivity contribution >= 4 is 26.7 Å². The van der Waals surface area contributed by atoms with Gasteiger partial charge in [0.15, 0.2) is 0 Å². The molecular weight excluding hydrogens is 240 g/mol. The SMILES string of the molecule is O[C@@H]1c2cccc3cccc(c23)[C@H]1Br. The van der Waals surface area contributed by atoms with Crippen LogP contribution in [0.25, 0.3) is 10.8 Å². The van der Waals surface area contributed by atoms with Gasteiger partial charge in [-0.15, -0.1) is 0 Å². The van der Waals surface area contributed by atoms with Crippen LogP contribution in [-0.4, -0.2) is 5.11 Å². The van der Waals surface area contributed by atoms with Crippen molar-refractivity contribution in [2.75, 3.05) is 0 Å². The fourth-order valence-electron chi connectivity index (χ4n) is 2.20. The molecule has 70 valence electrons. The molecule has 3 rings (SSSR count). The van der Waals surface area contributed by atoms with Crippen LogP contribution in [0, 0.1) is 0 Å². The zero-order valence-electron chi connectivity index (χ0n) is 7.44. The van der Waals surface area contributed by atoms with E-state index in [1.54, 1.807) is 0 Å². The molecule has 2 aromatic rings. The van der Waals surface area contributed by atoms with Crippen LogP contribution in [0.5, 0.6) is 0 Å². The lowest BCUT2D eigenvalue weighted by molar-refractivity contribution is 0.184. The monoisotopic (exact) mass is 248 g/mol. The number of benzene rings is 2. The molecule has 0 radical (unpaired) electrons. The first kappa shape index (κ1) is 8.45. The molecule has 1 N–H and O–H groups in total. The molecular formula is C12H9BrO. The number of halogens is 1. The Morgan fingerprint density at radius 2 is 1.64 bits per heavy atom. The van der Waals surface area contributed by atoms with Crippen LogP contribution >= 0.6 is 15.9 Å². The van der Waals surface area contributed by atoms with Gasteiger partial charge < -0.3 is 5.11 Å². The Hall–Kier alpha value is -0.860. The van der Waals surface area contributed by atoms with Gasteiger partial charge in [0.2, 0.25) is 0 Å². The molecule has 0 spiro atoms. The van der Waals surface area contributed by atoms with Gasteiger partial charge in [-0.1, -0.05) is 52.3 Å². The maximum absolute atomic E-state index is 9.99. The molecule has 0 bridgehead atoms. The summed E-state index contributed by atoms with van der Waals surface area (Å²) in [4.78, 5) is 0.0450. The smallest absolute Gasteiger partial charge is 0.0962 e. The largest absolute Gasteiger partial charge is 0.387 e. The van der Waals surface area contributed by atoms with Gasteiger partial charge in [0.1, 0.15) is 0 Å². The Balaban J connectivity index is 2.49. The fourth-order valence-corrected chi connectivity index (χ4v) is 2.87. The van der Waals surface area contributed by atoms with Crippen molar-refractivity contribution in [2.24, 2.45) is 0 Å². The lowest BCUT2D eigenvalue weighted by Crippen LogP contribution is -1.95. The molecule has 0 aromatic heterocycles. The molecule has 0 amide bonds. The quantitative estimate of drug-likeness (QED) is 0.710. The molecule has 0 aliphatic heterocycles. The van der Waals surface area contributed by atoms with Gasteiger partial charge >= 0.3 is 0 Å². The molecule has 2 atom stereocenters. The van der Waals surface area contributed by atoms with Crippen molar-refractivity contribution in [1.29, 1.82) is 0 Å². The van der Waals surface area contributed by atoms with E-state index in [0.29, 0.717) is 0 Å². The first-order valence-electron chi connectivity index (χ1n) is 4.63. The fraction of sp³-hybridized carbons (Fsp3) is 0.167. The normalized spacial score (nSPS) is 24.4. The first-order chi connectivity index (χ1) is 6.79. The summed E-state index contributed by atoms with van der Waals surface area (Å²) in [5, 5.41) is 12.4. The molecule has 0 saturated heterocycles. The average Bonchev–Trinajstić information content (AvgIpc) is 2.47. The van der Waals surface area contributed by atoms with Crippen molar-refractivity contribution in [3.05, 3.63) is 47.5 Å². The number of aliphatic hydroxyl groups excluding tert-OH is 1. The Kier molecular flexibility index (Phi) is 1.70. The predicted octanol–water partition coefficient (Wildman–Crippen LogP) is 3.32. The molecule has 0 fully saturated rings. The van der Waals surface area contributed by atoms with Crippen LogP contribution < -0.4 is 0 Å². The molecule has 1 aliphatic carbocycles. The van der Waals surface area contributed by atoms with Crippen molar-refractivity contribution in [3.63, 3.8) is 0 Å².